The normalized spacial score (nSPS) is 18.7. The Labute approximate surface area is 118 Å². The van der Waals surface area contributed by atoms with E-state index >= 15 is 0 Å². The quantitative estimate of drug-likeness (QED) is 0.813. The molecule has 1 amide bonds. The van der Waals surface area contributed by atoms with Crippen molar-refractivity contribution in [2.45, 2.75) is 51.5 Å². The highest BCUT2D eigenvalue weighted by molar-refractivity contribution is 5.75. The molecule has 2 heterocycles. The van der Waals surface area contributed by atoms with E-state index in [0.717, 1.165) is 62.9 Å². The number of amides is 1. The van der Waals surface area contributed by atoms with Crippen LogP contribution >= 0.6 is 0 Å². The zero-order valence-corrected chi connectivity index (χ0v) is 11.8. The molecule has 3 rings (SSSR count). The highest BCUT2D eigenvalue weighted by Crippen LogP contribution is 2.17. The summed E-state index contributed by atoms with van der Waals surface area (Å²) in [6, 6.07) is 1.67. The van der Waals surface area contributed by atoms with Gasteiger partial charge in [0.1, 0.15) is 6.54 Å². The number of hydrogen-bond acceptors (Lipinski definition) is 3. The number of piperidine rings is 1. The third-order valence-corrected chi connectivity index (χ3v) is 4.27. The predicted octanol–water partition coefficient (Wildman–Crippen LogP) is 1.13. The maximum atomic E-state index is 12.2. The summed E-state index contributed by atoms with van der Waals surface area (Å²) in [6.45, 7) is 1.73. The summed E-state index contributed by atoms with van der Waals surface area (Å²) in [5.41, 5.74) is 1.93. The Morgan fingerprint density at radius 3 is 2.65 bits per heavy atom. The van der Waals surface area contributed by atoms with Gasteiger partial charge in [-0.25, -0.2) is 4.68 Å². The van der Waals surface area contributed by atoms with E-state index in [1.54, 1.807) is 6.07 Å². The Morgan fingerprint density at radius 2 is 1.85 bits per heavy atom. The number of hydrogen-bond donors (Lipinski definition) is 0. The van der Waals surface area contributed by atoms with E-state index in [-0.39, 0.29) is 18.0 Å². The zero-order valence-electron chi connectivity index (χ0n) is 11.8. The van der Waals surface area contributed by atoms with E-state index in [9.17, 15) is 9.59 Å². The van der Waals surface area contributed by atoms with Crippen molar-refractivity contribution >= 4 is 5.91 Å². The summed E-state index contributed by atoms with van der Waals surface area (Å²) >= 11 is 0. The van der Waals surface area contributed by atoms with Crippen LogP contribution in [-0.2, 0) is 24.2 Å². The molecule has 1 aliphatic heterocycles. The van der Waals surface area contributed by atoms with E-state index in [4.69, 9.17) is 0 Å². The van der Waals surface area contributed by atoms with Crippen LogP contribution in [0.3, 0.4) is 0 Å². The lowest BCUT2D eigenvalue weighted by molar-refractivity contribution is -0.133. The van der Waals surface area contributed by atoms with Gasteiger partial charge >= 0.3 is 0 Å². The van der Waals surface area contributed by atoms with Crippen molar-refractivity contribution < 1.29 is 4.79 Å². The predicted molar refractivity (Wildman–Crippen MR) is 75.6 cm³/mol. The van der Waals surface area contributed by atoms with Crippen LogP contribution in [0.5, 0.6) is 0 Å². The average molecular weight is 275 g/mol. The minimum Gasteiger partial charge on any atom is -0.341 e. The topological polar surface area (TPSA) is 55.2 Å². The van der Waals surface area contributed by atoms with E-state index in [2.05, 4.69) is 5.10 Å². The SMILES string of the molecule is O=C(Cn1nc2c(cc1=O)CCCC2)N1CCCCC1. The summed E-state index contributed by atoms with van der Waals surface area (Å²) in [7, 11) is 0. The van der Waals surface area contributed by atoms with E-state index in [0.29, 0.717) is 0 Å². The molecule has 108 valence electrons. The van der Waals surface area contributed by atoms with E-state index in [1.807, 2.05) is 4.90 Å². The van der Waals surface area contributed by atoms with Gasteiger partial charge in [-0.05, 0) is 50.5 Å². The second kappa shape index (κ2) is 5.77. The van der Waals surface area contributed by atoms with Gasteiger partial charge in [0.05, 0.1) is 5.69 Å². The molecule has 20 heavy (non-hydrogen) atoms. The second-order valence-electron chi connectivity index (χ2n) is 5.76. The highest BCUT2D eigenvalue weighted by Gasteiger charge is 2.19. The lowest BCUT2D eigenvalue weighted by atomic mass is 9.97. The van der Waals surface area contributed by atoms with Crippen LogP contribution in [0.25, 0.3) is 0 Å². The summed E-state index contributed by atoms with van der Waals surface area (Å²) in [4.78, 5) is 26.1. The summed E-state index contributed by atoms with van der Waals surface area (Å²) in [5.74, 6) is 0.0232. The third kappa shape index (κ3) is 2.76. The van der Waals surface area contributed by atoms with Gasteiger partial charge in [0.15, 0.2) is 0 Å². The largest absolute Gasteiger partial charge is 0.341 e. The van der Waals surface area contributed by atoms with Crippen molar-refractivity contribution in [3.63, 3.8) is 0 Å². The van der Waals surface area contributed by atoms with Gasteiger partial charge in [-0.15, -0.1) is 0 Å². The third-order valence-electron chi connectivity index (χ3n) is 4.27. The Balaban J connectivity index is 1.76. The highest BCUT2D eigenvalue weighted by atomic mass is 16.2. The van der Waals surface area contributed by atoms with Crippen LogP contribution in [0.2, 0.25) is 0 Å². The number of nitrogens with zero attached hydrogens (tertiary/aromatic N) is 3. The molecule has 0 bridgehead atoms. The van der Waals surface area contributed by atoms with Crippen molar-refractivity contribution in [3.8, 4) is 0 Å². The fourth-order valence-corrected chi connectivity index (χ4v) is 3.09. The summed E-state index contributed by atoms with van der Waals surface area (Å²) < 4.78 is 1.35. The molecule has 1 aromatic rings. The van der Waals surface area contributed by atoms with Crippen molar-refractivity contribution in [1.82, 2.24) is 14.7 Å². The van der Waals surface area contributed by atoms with Gasteiger partial charge in [0.25, 0.3) is 5.56 Å². The standard InChI is InChI=1S/C15H21N3O2/c19-14-10-12-6-2-3-7-13(12)16-18(14)11-15(20)17-8-4-1-5-9-17/h10H,1-9,11H2. The first-order valence-electron chi connectivity index (χ1n) is 7.62. The first-order valence-corrected chi connectivity index (χ1v) is 7.62. The van der Waals surface area contributed by atoms with Gasteiger partial charge in [0.2, 0.25) is 5.91 Å². The van der Waals surface area contributed by atoms with E-state index < -0.39 is 0 Å². The number of aromatic nitrogens is 2. The molecule has 0 aromatic carbocycles. The maximum Gasteiger partial charge on any atom is 0.267 e. The van der Waals surface area contributed by atoms with E-state index in [1.165, 1.54) is 11.1 Å². The van der Waals surface area contributed by atoms with Crippen molar-refractivity contribution in [3.05, 3.63) is 27.7 Å². The molecule has 0 unspecified atom stereocenters. The number of carbonyl (C=O) groups excluding carboxylic acids is 1. The van der Waals surface area contributed by atoms with Crippen LogP contribution < -0.4 is 5.56 Å². The second-order valence-corrected chi connectivity index (χ2v) is 5.76. The van der Waals surface area contributed by atoms with Crippen molar-refractivity contribution in [1.29, 1.82) is 0 Å². The minimum absolute atomic E-state index is 0.0232. The molecular weight excluding hydrogens is 254 g/mol. The molecular formula is C15H21N3O2. The number of fused-ring (bicyclic) bond motifs is 1. The zero-order chi connectivity index (χ0) is 13.9. The molecule has 2 aliphatic rings. The lowest BCUT2D eigenvalue weighted by Gasteiger charge is -2.27. The number of aryl methyl sites for hydroxylation is 2. The van der Waals surface area contributed by atoms with Crippen LogP contribution in [0.1, 0.15) is 43.4 Å². The van der Waals surface area contributed by atoms with Crippen LogP contribution in [0.15, 0.2) is 10.9 Å². The molecule has 5 heteroatoms. The van der Waals surface area contributed by atoms with Gasteiger partial charge < -0.3 is 4.90 Å². The molecule has 1 saturated heterocycles. The molecule has 0 saturated carbocycles. The Hall–Kier alpha value is -1.65. The van der Waals surface area contributed by atoms with Gasteiger partial charge in [0, 0.05) is 19.2 Å². The molecule has 1 aliphatic carbocycles. The number of likely N-dealkylation sites (tertiary alicyclic amines) is 1. The molecule has 0 radical (unpaired) electrons. The molecule has 5 nitrogen and oxygen atoms in total. The van der Waals surface area contributed by atoms with Crippen molar-refractivity contribution in [2.75, 3.05) is 13.1 Å². The first kappa shape index (κ1) is 13.3. The molecule has 0 N–H and O–H groups in total. The van der Waals surface area contributed by atoms with Crippen molar-refractivity contribution in [2.24, 2.45) is 0 Å². The van der Waals surface area contributed by atoms with Gasteiger partial charge in [-0.3, -0.25) is 9.59 Å². The minimum atomic E-state index is -0.143. The van der Waals surface area contributed by atoms with Gasteiger partial charge in [-0.1, -0.05) is 0 Å². The fourth-order valence-electron chi connectivity index (χ4n) is 3.09. The lowest BCUT2D eigenvalue weighted by Crippen LogP contribution is -2.40. The average Bonchev–Trinajstić information content (AvgIpc) is 2.49. The van der Waals surface area contributed by atoms with Crippen LogP contribution in [0, 0.1) is 0 Å². The summed E-state index contributed by atoms with van der Waals surface area (Å²) in [5, 5.41) is 4.40. The molecule has 0 spiro atoms. The Bertz CT molecular complexity index is 559. The molecule has 0 atom stereocenters. The Morgan fingerprint density at radius 1 is 1.10 bits per heavy atom. The fraction of sp³-hybridized carbons (Fsp3) is 0.667. The van der Waals surface area contributed by atoms with Crippen LogP contribution in [0.4, 0.5) is 0 Å². The summed E-state index contributed by atoms with van der Waals surface area (Å²) in [6.07, 6.45) is 7.45. The number of carbonyl (C=O) groups is 1. The molecule has 1 aromatic heterocycles. The number of rotatable bonds is 2. The monoisotopic (exact) mass is 275 g/mol. The van der Waals surface area contributed by atoms with Crippen LogP contribution in [-0.4, -0.2) is 33.7 Å². The smallest absolute Gasteiger partial charge is 0.267 e. The van der Waals surface area contributed by atoms with Gasteiger partial charge in [-0.2, -0.15) is 5.10 Å². The first-order chi connectivity index (χ1) is 9.74. The Kier molecular flexibility index (Phi) is 3.85. The maximum absolute atomic E-state index is 12.2. The molecule has 1 fully saturated rings.